The summed E-state index contributed by atoms with van der Waals surface area (Å²) in [6, 6.07) is 19.5. The van der Waals surface area contributed by atoms with E-state index < -0.39 is 11.9 Å². The molecule has 0 spiro atoms. The number of H-pyrrole nitrogens is 2. The Morgan fingerprint density at radius 2 is 1.00 bits per heavy atom. The second-order valence-corrected chi connectivity index (χ2v) is 7.92. The molecule has 174 valence electrons. The molecule has 0 aliphatic carbocycles. The van der Waals surface area contributed by atoms with Gasteiger partial charge in [-0.2, -0.15) is 0 Å². The zero-order chi connectivity index (χ0) is 24.2. The Morgan fingerprint density at radius 1 is 0.647 bits per heavy atom. The van der Waals surface area contributed by atoms with Crippen LogP contribution in [0, 0.1) is 13.8 Å². The van der Waals surface area contributed by atoms with Gasteiger partial charge in [-0.3, -0.25) is 0 Å². The van der Waals surface area contributed by atoms with E-state index in [-0.39, 0.29) is 13.2 Å². The highest BCUT2D eigenvalue weighted by atomic mass is 16.5. The Labute approximate surface area is 198 Å². The van der Waals surface area contributed by atoms with Gasteiger partial charge in [-0.05, 0) is 38.8 Å². The Hall–Kier alpha value is -4.06. The van der Waals surface area contributed by atoms with Crippen LogP contribution in [0.25, 0.3) is 33.6 Å². The van der Waals surface area contributed by atoms with Crippen LogP contribution in [0.2, 0.25) is 0 Å². The van der Waals surface area contributed by atoms with Gasteiger partial charge in [0.15, 0.2) is 0 Å². The molecule has 2 aromatic carbocycles. The largest absolute Gasteiger partial charge is 0.462 e. The number of ether oxygens (including phenoxy) is 2. The van der Waals surface area contributed by atoms with E-state index >= 15 is 0 Å². The van der Waals surface area contributed by atoms with Crippen molar-refractivity contribution in [2.45, 2.75) is 27.7 Å². The van der Waals surface area contributed by atoms with Gasteiger partial charge in [0.05, 0.1) is 35.7 Å². The van der Waals surface area contributed by atoms with Crippen molar-refractivity contribution in [3.05, 3.63) is 83.2 Å². The molecule has 2 heterocycles. The van der Waals surface area contributed by atoms with E-state index in [1.165, 1.54) is 0 Å². The van der Waals surface area contributed by atoms with Gasteiger partial charge in [-0.1, -0.05) is 60.7 Å². The lowest BCUT2D eigenvalue weighted by Gasteiger charge is -2.12. The predicted molar refractivity (Wildman–Crippen MR) is 133 cm³/mol. The molecule has 0 radical (unpaired) electrons. The SMILES string of the molecule is CCOC(=O)c1c(C)[nH]c(-c2ccccc2)c1-c1c(-c2ccccc2)[nH]c(C)c1C(=O)OCC. The number of aromatic amines is 2. The first-order chi connectivity index (χ1) is 16.5. The quantitative estimate of drug-likeness (QED) is 0.319. The highest BCUT2D eigenvalue weighted by molar-refractivity contribution is 6.11. The van der Waals surface area contributed by atoms with Crippen molar-refractivity contribution in [2.24, 2.45) is 0 Å². The van der Waals surface area contributed by atoms with Gasteiger partial charge in [0.25, 0.3) is 0 Å². The van der Waals surface area contributed by atoms with Crippen LogP contribution < -0.4 is 0 Å². The van der Waals surface area contributed by atoms with Gasteiger partial charge >= 0.3 is 11.9 Å². The van der Waals surface area contributed by atoms with Gasteiger partial charge in [0.1, 0.15) is 0 Å². The average Bonchev–Trinajstić information content (AvgIpc) is 3.37. The van der Waals surface area contributed by atoms with E-state index in [2.05, 4.69) is 9.97 Å². The van der Waals surface area contributed by atoms with E-state index in [9.17, 15) is 9.59 Å². The van der Waals surface area contributed by atoms with Crippen LogP contribution in [-0.2, 0) is 9.47 Å². The number of hydrogen-bond donors (Lipinski definition) is 2. The number of nitrogens with one attached hydrogen (secondary N) is 2. The van der Waals surface area contributed by atoms with Crippen molar-refractivity contribution >= 4 is 11.9 Å². The summed E-state index contributed by atoms with van der Waals surface area (Å²) in [5.74, 6) is -0.887. The summed E-state index contributed by atoms with van der Waals surface area (Å²) in [4.78, 5) is 33.2. The van der Waals surface area contributed by atoms with Gasteiger partial charge in [0.2, 0.25) is 0 Å². The van der Waals surface area contributed by atoms with Crippen molar-refractivity contribution in [2.75, 3.05) is 13.2 Å². The zero-order valence-corrected chi connectivity index (χ0v) is 19.8. The molecule has 0 atom stereocenters. The van der Waals surface area contributed by atoms with Gasteiger partial charge in [-0.15, -0.1) is 0 Å². The van der Waals surface area contributed by atoms with Crippen LogP contribution in [0.3, 0.4) is 0 Å². The number of esters is 2. The third-order valence-corrected chi connectivity index (χ3v) is 5.71. The van der Waals surface area contributed by atoms with E-state index in [1.807, 2.05) is 74.5 Å². The summed E-state index contributed by atoms with van der Waals surface area (Å²) < 4.78 is 10.9. The number of carbonyl (C=O) groups is 2. The normalized spacial score (nSPS) is 10.8. The fraction of sp³-hybridized carbons (Fsp3) is 0.214. The molecule has 6 nitrogen and oxygen atoms in total. The first kappa shape index (κ1) is 23.1. The Kier molecular flexibility index (Phi) is 6.68. The molecule has 4 aromatic rings. The summed E-state index contributed by atoms with van der Waals surface area (Å²) in [7, 11) is 0. The first-order valence-electron chi connectivity index (χ1n) is 11.4. The minimum atomic E-state index is -0.443. The lowest BCUT2D eigenvalue weighted by molar-refractivity contribution is 0.0514. The molecule has 0 unspecified atom stereocenters. The maximum atomic E-state index is 13.2. The summed E-state index contributed by atoms with van der Waals surface area (Å²) >= 11 is 0. The summed E-state index contributed by atoms with van der Waals surface area (Å²) in [5.41, 5.74) is 6.64. The zero-order valence-electron chi connectivity index (χ0n) is 19.8. The third kappa shape index (κ3) is 4.15. The van der Waals surface area contributed by atoms with Crippen molar-refractivity contribution < 1.29 is 19.1 Å². The number of hydrogen-bond acceptors (Lipinski definition) is 4. The molecule has 0 aliphatic rings. The number of aryl methyl sites for hydroxylation is 2. The van der Waals surface area contributed by atoms with Crippen LogP contribution in [0.1, 0.15) is 46.0 Å². The summed E-state index contributed by atoms with van der Waals surface area (Å²) in [5, 5.41) is 0. The second-order valence-electron chi connectivity index (χ2n) is 7.92. The minimum absolute atomic E-state index is 0.242. The lowest BCUT2D eigenvalue weighted by atomic mass is 9.91. The van der Waals surface area contributed by atoms with Gasteiger partial charge in [-0.25, -0.2) is 9.59 Å². The Bertz CT molecular complexity index is 1210. The lowest BCUT2D eigenvalue weighted by Crippen LogP contribution is -2.10. The summed E-state index contributed by atoms with van der Waals surface area (Å²) in [6.07, 6.45) is 0. The minimum Gasteiger partial charge on any atom is -0.462 e. The molecule has 0 bridgehead atoms. The van der Waals surface area contributed by atoms with Gasteiger partial charge in [0, 0.05) is 22.5 Å². The highest BCUT2D eigenvalue weighted by Crippen LogP contribution is 2.44. The smallest absolute Gasteiger partial charge is 0.340 e. The van der Waals surface area contributed by atoms with Crippen LogP contribution in [0.15, 0.2) is 60.7 Å². The van der Waals surface area contributed by atoms with E-state index in [0.717, 1.165) is 22.5 Å². The van der Waals surface area contributed by atoms with Crippen LogP contribution in [-0.4, -0.2) is 35.1 Å². The Morgan fingerprint density at radius 3 is 1.32 bits per heavy atom. The molecular formula is C28H28N2O4. The van der Waals surface area contributed by atoms with Crippen molar-refractivity contribution in [1.29, 1.82) is 0 Å². The molecule has 0 aliphatic heterocycles. The molecule has 6 heteroatoms. The number of aromatic nitrogens is 2. The molecule has 0 saturated carbocycles. The molecule has 2 aromatic heterocycles. The topological polar surface area (TPSA) is 84.2 Å². The molecule has 0 fully saturated rings. The summed E-state index contributed by atoms with van der Waals surface area (Å²) in [6.45, 7) is 7.72. The molecular weight excluding hydrogens is 428 g/mol. The molecule has 2 N–H and O–H groups in total. The standard InChI is InChI=1S/C28H28N2O4/c1-5-33-27(31)21-17(3)29-25(19-13-9-7-10-14-19)23(21)24-22(28(32)34-6-2)18(4)30-26(24)20-15-11-8-12-16-20/h7-16,29-30H,5-6H2,1-4H3. The van der Waals surface area contributed by atoms with E-state index in [4.69, 9.17) is 9.47 Å². The molecule has 4 rings (SSSR count). The second kappa shape index (κ2) is 9.83. The first-order valence-corrected chi connectivity index (χ1v) is 11.4. The fourth-order valence-corrected chi connectivity index (χ4v) is 4.31. The third-order valence-electron chi connectivity index (χ3n) is 5.71. The molecule has 0 saturated heterocycles. The monoisotopic (exact) mass is 456 g/mol. The maximum Gasteiger partial charge on any atom is 0.340 e. The van der Waals surface area contributed by atoms with Crippen LogP contribution in [0.4, 0.5) is 0 Å². The van der Waals surface area contributed by atoms with Gasteiger partial charge < -0.3 is 19.4 Å². The van der Waals surface area contributed by atoms with Crippen molar-refractivity contribution in [1.82, 2.24) is 9.97 Å². The number of carbonyl (C=O) groups excluding carboxylic acids is 2. The highest BCUT2D eigenvalue weighted by Gasteiger charge is 2.32. The number of rotatable bonds is 7. The van der Waals surface area contributed by atoms with Crippen LogP contribution in [0.5, 0.6) is 0 Å². The predicted octanol–water partition coefficient (Wildman–Crippen LogP) is 6.31. The fourth-order valence-electron chi connectivity index (χ4n) is 4.31. The van der Waals surface area contributed by atoms with Crippen LogP contribution >= 0.6 is 0 Å². The Balaban J connectivity index is 2.13. The maximum absolute atomic E-state index is 13.2. The van der Waals surface area contributed by atoms with Crippen molar-refractivity contribution in [3.8, 4) is 33.6 Å². The number of benzene rings is 2. The van der Waals surface area contributed by atoms with E-state index in [1.54, 1.807) is 13.8 Å². The average molecular weight is 457 g/mol. The molecule has 34 heavy (non-hydrogen) atoms. The molecule has 0 amide bonds. The van der Waals surface area contributed by atoms with Crippen molar-refractivity contribution in [3.63, 3.8) is 0 Å². The van der Waals surface area contributed by atoms with E-state index in [0.29, 0.717) is 33.6 Å².